The Labute approximate surface area is 153 Å². The number of benzene rings is 1. The summed E-state index contributed by atoms with van der Waals surface area (Å²) in [7, 11) is 1.27. The van der Waals surface area contributed by atoms with Gasteiger partial charge in [0, 0.05) is 12.1 Å². The van der Waals surface area contributed by atoms with E-state index in [1.807, 2.05) is 4.90 Å². The number of aromatic amines is 1. The molecule has 2 bridgehead atoms. The number of hydrogen-bond donors (Lipinski definition) is 2. The second kappa shape index (κ2) is 6.64. The maximum absolute atomic E-state index is 14.2. The molecule has 1 saturated carbocycles. The van der Waals surface area contributed by atoms with Crippen LogP contribution < -0.4 is 20.5 Å². The van der Waals surface area contributed by atoms with Gasteiger partial charge in [0.1, 0.15) is 6.04 Å². The minimum atomic E-state index is -1.07. The smallest absolute Gasteiger partial charge is 0.266 e. The van der Waals surface area contributed by atoms with E-state index in [4.69, 9.17) is 4.74 Å². The second-order valence-corrected chi connectivity index (χ2v) is 6.82. The summed E-state index contributed by atoms with van der Waals surface area (Å²) in [5.74, 6) is -2.52. The summed E-state index contributed by atoms with van der Waals surface area (Å²) in [4.78, 5) is 26.1. The maximum atomic E-state index is 14.2. The predicted molar refractivity (Wildman–Crippen MR) is 93.8 cm³/mol. The maximum Gasteiger partial charge on any atom is 0.266 e. The van der Waals surface area contributed by atoms with Crippen molar-refractivity contribution in [3.05, 3.63) is 46.4 Å². The molecule has 9 heteroatoms. The molecule has 1 aromatic heterocycles. The number of methoxy groups -OCH3 is 1. The fraction of sp³-hybridized carbons (Fsp3) is 0.389. The van der Waals surface area contributed by atoms with Crippen LogP contribution in [-0.4, -0.2) is 35.3 Å². The van der Waals surface area contributed by atoms with Crippen LogP contribution in [0.4, 0.5) is 20.2 Å². The quantitative estimate of drug-likeness (QED) is 0.853. The fourth-order valence-electron chi connectivity index (χ4n) is 4.25. The SMILES string of the molecule is COc1c(N2C3CCC(C3)C2C(=O)Nc2cn[nH]c(=O)c2)ccc(F)c1F. The number of hydrogen-bond acceptors (Lipinski definition) is 5. The minimum Gasteiger partial charge on any atom is -0.491 e. The Bertz CT molecular complexity index is 948. The lowest BCUT2D eigenvalue weighted by Gasteiger charge is -2.37. The number of nitrogens with zero attached hydrogens (tertiary/aromatic N) is 2. The van der Waals surface area contributed by atoms with Gasteiger partial charge < -0.3 is 15.0 Å². The summed E-state index contributed by atoms with van der Waals surface area (Å²) < 4.78 is 32.9. The highest BCUT2D eigenvalue weighted by Gasteiger charge is 2.50. The first-order valence-electron chi connectivity index (χ1n) is 8.65. The molecule has 3 unspecified atom stereocenters. The molecule has 2 fully saturated rings. The van der Waals surface area contributed by atoms with Gasteiger partial charge in [0.25, 0.3) is 5.56 Å². The zero-order valence-corrected chi connectivity index (χ0v) is 14.5. The van der Waals surface area contributed by atoms with Crippen molar-refractivity contribution in [2.75, 3.05) is 17.3 Å². The van der Waals surface area contributed by atoms with Crippen LogP contribution in [-0.2, 0) is 4.79 Å². The molecule has 7 nitrogen and oxygen atoms in total. The van der Waals surface area contributed by atoms with Gasteiger partial charge in [0.05, 0.1) is 24.7 Å². The van der Waals surface area contributed by atoms with Gasteiger partial charge in [-0.05, 0) is 37.3 Å². The van der Waals surface area contributed by atoms with Crippen molar-refractivity contribution >= 4 is 17.3 Å². The second-order valence-electron chi connectivity index (χ2n) is 6.82. The molecule has 0 radical (unpaired) electrons. The highest BCUT2D eigenvalue weighted by Crippen LogP contribution is 2.48. The van der Waals surface area contributed by atoms with Crippen molar-refractivity contribution in [2.24, 2.45) is 5.92 Å². The zero-order chi connectivity index (χ0) is 19.1. The number of aromatic nitrogens is 2. The molecule has 27 heavy (non-hydrogen) atoms. The van der Waals surface area contributed by atoms with Gasteiger partial charge >= 0.3 is 0 Å². The highest BCUT2D eigenvalue weighted by molar-refractivity contribution is 5.98. The summed E-state index contributed by atoms with van der Waals surface area (Å²) >= 11 is 0. The number of carbonyl (C=O) groups is 1. The van der Waals surface area contributed by atoms with Gasteiger partial charge in [-0.25, -0.2) is 9.49 Å². The number of nitrogens with one attached hydrogen (secondary N) is 2. The van der Waals surface area contributed by atoms with E-state index in [1.165, 1.54) is 25.4 Å². The van der Waals surface area contributed by atoms with Crippen LogP contribution in [0.25, 0.3) is 0 Å². The first-order valence-corrected chi connectivity index (χ1v) is 8.65. The van der Waals surface area contributed by atoms with E-state index in [1.54, 1.807) is 0 Å². The first-order chi connectivity index (χ1) is 13.0. The molecule has 3 atom stereocenters. The van der Waals surface area contributed by atoms with Crippen LogP contribution in [0.1, 0.15) is 19.3 Å². The average molecular weight is 376 g/mol. The monoisotopic (exact) mass is 376 g/mol. The fourth-order valence-corrected chi connectivity index (χ4v) is 4.25. The van der Waals surface area contributed by atoms with Crippen molar-refractivity contribution < 1.29 is 18.3 Å². The van der Waals surface area contributed by atoms with Crippen LogP contribution in [0.2, 0.25) is 0 Å². The highest BCUT2D eigenvalue weighted by atomic mass is 19.2. The average Bonchev–Trinajstić information content (AvgIpc) is 3.25. The molecule has 4 rings (SSSR count). The Balaban J connectivity index is 1.69. The van der Waals surface area contributed by atoms with Crippen LogP contribution >= 0.6 is 0 Å². The first kappa shape index (κ1) is 17.4. The Hall–Kier alpha value is -2.97. The summed E-state index contributed by atoms with van der Waals surface area (Å²) in [5, 5.41) is 8.60. The van der Waals surface area contributed by atoms with E-state index in [9.17, 15) is 18.4 Å². The molecule has 2 heterocycles. The largest absolute Gasteiger partial charge is 0.491 e. The number of piperidine rings is 1. The summed E-state index contributed by atoms with van der Waals surface area (Å²) in [6.07, 6.45) is 3.87. The van der Waals surface area contributed by atoms with Crippen molar-refractivity contribution in [3.63, 3.8) is 0 Å². The van der Waals surface area contributed by atoms with E-state index >= 15 is 0 Å². The van der Waals surface area contributed by atoms with Gasteiger partial charge in [-0.3, -0.25) is 9.59 Å². The number of anilines is 2. The van der Waals surface area contributed by atoms with Crippen molar-refractivity contribution in [3.8, 4) is 5.75 Å². The van der Waals surface area contributed by atoms with Crippen LogP contribution in [0, 0.1) is 17.6 Å². The van der Waals surface area contributed by atoms with Gasteiger partial charge in [0.2, 0.25) is 11.7 Å². The molecule has 1 saturated heterocycles. The third kappa shape index (κ3) is 2.92. The van der Waals surface area contributed by atoms with Crippen molar-refractivity contribution in [1.82, 2.24) is 10.2 Å². The Morgan fingerprint density at radius 2 is 2.19 bits per heavy atom. The van der Waals surface area contributed by atoms with E-state index in [2.05, 4.69) is 15.5 Å². The van der Waals surface area contributed by atoms with Gasteiger partial charge in [-0.15, -0.1) is 0 Å². The van der Waals surface area contributed by atoms with E-state index in [0.717, 1.165) is 25.3 Å². The molecular weight excluding hydrogens is 358 g/mol. The van der Waals surface area contributed by atoms with Crippen molar-refractivity contribution in [1.29, 1.82) is 0 Å². The Kier molecular flexibility index (Phi) is 4.29. The number of ether oxygens (including phenoxy) is 1. The van der Waals surface area contributed by atoms with E-state index in [-0.39, 0.29) is 29.3 Å². The molecule has 2 aliphatic rings. The van der Waals surface area contributed by atoms with Gasteiger partial charge in [-0.2, -0.15) is 9.49 Å². The number of amides is 1. The topological polar surface area (TPSA) is 87.3 Å². The van der Waals surface area contributed by atoms with Crippen LogP contribution in [0.3, 0.4) is 0 Å². The number of fused-ring (bicyclic) bond motifs is 2. The molecule has 2 aromatic rings. The predicted octanol–water partition coefficient (Wildman–Crippen LogP) is 2.05. The third-order valence-corrected chi connectivity index (χ3v) is 5.30. The molecule has 1 amide bonds. The third-order valence-electron chi connectivity index (χ3n) is 5.30. The van der Waals surface area contributed by atoms with Gasteiger partial charge in [0.15, 0.2) is 11.6 Å². The molecular formula is C18H18F2N4O3. The molecule has 0 spiro atoms. The van der Waals surface area contributed by atoms with E-state index < -0.39 is 23.2 Å². The lowest BCUT2D eigenvalue weighted by molar-refractivity contribution is -0.118. The minimum absolute atomic E-state index is 0.0433. The molecule has 1 aromatic carbocycles. The molecule has 2 N–H and O–H groups in total. The standard InChI is InChI=1S/C18H18F2N4O3/c1-27-17-13(5-4-12(19)15(17)20)24-11-3-2-9(6-11)16(24)18(26)22-10-7-14(25)23-21-8-10/h4-5,7-9,11,16H,2-3,6H2,1H3,(H2,22,23,25,26). The zero-order valence-electron chi connectivity index (χ0n) is 14.5. The molecule has 1 aliphatic carbocycles. The number of rotatable bonds is 4. The lowest BCUT2D eigenvalue weighted by atomic mass is 9.97. The summed E-state index contributed by atoms with van der Waals surface area (Å²) in [6.45, 7) is 0. The Morgan fingerprint density at radius 3 is 2.93 bits per heavy atom. The normalized spacial score (nSPS) is 23.5. The van der Waals surface area contributed by atoms with Gasteiger partial charge in [-0.1, -0.05) is 0 Å². The number of halogens is 2. The summed E-state index contributed by atoms with van der Waals surface area (Å²) in [5.41, 5.74) is 0.205. The molecule has 1 aliphatic heterocycles. The van der Waals surface area contributed by atoms with Crippen LogP contribution in [0.5, 0.6) is 5.75 Å². The Morgan fingerprint density at radius 1 is 1.37 bits per heavy atom. The van der Waals surface area contributed by atoms with Crippen molar-refractivity contribution in [2.45, 2.75) is 31.3 Å². The number of carbonyl (C=O) groups excluding carboxylic acids is 1. The number of H-pyrrole nitrogens is 1. The van der Waals surface area contributed by atoms with E-state index in [0.29, 0.717) is 5.69 Å². The molecule has 142 valence electrons. The van der Waals surface area contributed by atoms with Crippen LogP contribution in [0.15, 0.2) is 29.2 Å². The lowest BCUT2D eigenvalue weighted by Crippen LogP contribution is -2.48. The summed E-state index contributed by atoms with van der Waals surface area (Å²) in [6, 6.07) is 3.19.